The maximum Gasteiger partial charge on any atom is 0.274 e. The zero-order valence-corrected chi connectivity index (χ0v) is 18.2. The fourth-order valence-electron chi connectivity index (χ4n) is 3.51. The van der Waals surface area contributed by atoms with E-state index in [4.69, 9.17) is 14.2 Å². The minimum absolute atomic E-state index is 0.0393. The second kappa shape index (κ2) is 9.34. The van der Waals surface area contributed by atoms with Crippen molar-refractivity contribution in [2.45, 2.75) is 18.9 Å². The van der Waals surface area contributed by atoms with Crippen molar-refractivity contribution < 1.29 is 23.4 Å². The summed E-state index contributed by atoms with van der Waals surface area (Å²) in [6, 6.07) is 10.4. The first kappa shape index (κ1) is 21.1. The zero-order chi connectivity index (χ0) is 21.8. The molecule has 162 valence electrons. The molecule has 0 atom stereocenters. The van der Waals surface area contributed by atoms with Crippen molar-refractivity contribution >= 4 is 33.5 Å². The number of halogens is 1. The Morgan fingerprint density at radius 3 is 2.65 bits per heavy atom. The molecule has 8 heteroatoms. The van der Waals surface area contributed by atoms with E-state index in [2.05, 4.69) is 4.98 Å². The van der Waals surface area contributed by atoms with Crippen LogP contribution in [0.2, 0.25) is 0 Å². The fourth-order valence-corrected chi connectivity index (χ4v) is 4.41. The van der Waals surface area contributed by atoms with E-state index >= 15 is 0 Å². The molecular formula is C23H23FN2O4S. The number of likely N-dealkylation sites (tertiary alicyclic amines) is 1. The Morgan fingerprint density at radius 2 is 1.94 bits per heavy atom. The summed E-state index contributed by atoms with van der Waals surface area (Å²) in [7, 11) is 3.16. The minimum atomic E-state index is -0.342. The van der Waals surface area contributed by atoms with Gasteiger partial charge in [0.05, 0.1) is 18.9 Å². The van der Waals surface area contributed by atoms with Gasteiger partial charge in [0.25, 0.3) is 5.19 Å². The van der Waals surface area contributed by atoms with Gasteiger partial charge < -0.3 is 19.1 Å². The van der Waals surface area contributed by atoms with Gasteiger partial charge in [-0.05, 0) is 35.9 Å². The van der Waals surface area contributed by atoms with Crippen LogP contribution >= 0.6 is 11.3 Å². The molecule has 0 unspecified atom stereocenters. The highest BCUT2D eigenvalue weighted by Gasteiger charge is 2.24. The third-order valence-electron chi connectivity index (χ3n) is 5.20. The number of ether oxygens (including phenoxy) is 3. The van der Waals surface area contributed by atoms with Gasteiger partial charge in [-0.1, -0.05) is 23.5 Å². The zero-order valence-electron chi connectivity index (χ0n) is 17.3. The molecule has 6 nitrogen and oxygen atoms in total. The lowest BCUT2D eigenvalue weighted by Gasteiger charge is -2.30. The number of thiazole rings is 1. The van der Waals surface area contributed by atoms with Gasteiger partial charge >= 0.3 is 0 Å². The number of hydrogen-bond acceptors (Lipinski definition) is 6. The number of aromatic nitrogens is 1. The van der Waals surface area contributed by atoms with Crippen LogP contribution in [0.15, 0.2) is 42.5 Å². The summed E-state index contributed by atoms with van der Waals surface area (Å²) < 4.78 is 31.1. The number of amides is 1. The molecule has 1 aliphatic rings. The Morgan fingerprint density at radius 1 is 1.16 bits per heavy atom. The SMILES string of the molecule is COc1ccc(C=CC(=O)N2CCC(Oc3nc4c(F)cccc4s3)CC2)cc1OC. The molecule has 0 aliphatic carbocycles. The van der Waals surface area contributed by atoms with E-state index in [0.29, 0.717) is 48.1 Å². The standard InChI is InChI=1S/C23H23FN2O4S/c1-28-18-8-6-15(14-19(18)29-2)7-9-21(27)26-12-10-16(11-13-26)30-23-25-22-17(24)4-3-5-20(22)31-23/h3-9,14,16H,10-13H2,1-2H3. The topological polar surface area (TPSA) is 60.9 Å². The van der Waals surface area contributed by atoms with Crippen molar-refractivity contribution in [2.24, 2.45) is 0 Å². The van der Waals surface area contributed by atoms with Crippen LogP contribution in [0.4, 0.5) is 4.39 Å². The Balaban J connectivity index is 1.32. The van der Waals surface area contributed by atoms with Crippen molar-refractivity contribution in [1.29, 1.82) is 0 Å². The summed E-state index contributed by atoms with van der Waals surface area (Å²) in [6.07, 6.45) is 4.70. The van der Waals surface area contributed by atoms with Gasteiger partial charge in [-0.15, -0.1) is 0 Å². The summed E-state index contributed by atoms with van der Waals surface area (Å²) >= 11 is 1.34. The van der Waals surface area contributed by atoms with E-state index in [1.807, 2.05) is 18.2 Å². The van der Waals surface area contributed by atoms with Gasteiger partial charge in [0, 0.05) is 32.0 Å². The fraction of sp³-hybridized carbons (Fsp3) is 0.304. The first-order valence-electron chi connectivity index (χ1n) is 9.98. The molecule has 0 spiro atoms. The quantitative estimate of drug-likeness (QED) is 0.525. The van der Waals surface area contributed by atoms with Gasteiger partial charge in [0.1, 0.15) is 17.4 Å². The highest BCUT2D eigenvalue weighted by molar-refractivity contribution is 7.20. The average molecular weight is 443 g/mol. The number of methoxy groups -OCH3 is 2. The Labute approximate surface area is 183 Å². The van der Waals surface area contributed by atoms with Crippen molar-refractivity contribution in [1.82, 2.24) is 9.88 Å². The van der Waals surface area contributed by atoms with E-state index in [0.717, 1.165) is 10.3 Å². The number of piperidine rings is 1. The maximum atomic E-state index is 13.8. The number of carbonyl (C=O) groups excluding carboxylic acids is 1. The molecule has 0 bridgehead atoms. The van der Waals surface area contributed by atoms with Crippen LogP contribution in [0.5, 0.6) is 16.7 Å². The van der Waals surface area contributed by atoms with E-state index in [-0.39, 0.29) is 17.8 Å². The van der Waals surface area contributed by atoms with Gasteiger partial charge in [-0.2, -0.15) is 4.98 Å². The smallest absolute Gasteiger partial charge is 0.274 e. The molecule has 2 aromatic carbocycles. The molecule has 2 heterocycles. The highest BCUT2D eigenvalue weighted by Crippen LogP contribution is 2.31. The number of nitrogens with zero attached hydrogens (tertiary/aromatic N) is 2. The van der Waals surface area contributed by atoms with Crippen molar-refractivity contribution in [2.75, 3.05) is 27.3 Å². The predicted molar refractivity (Wildman–Crippen MR) is 118 cm³/mol. The molecule has 0 radical (unpaired) electrons. The van der Waals surface area contributed by atoms with Crippen LogP contribution in [0.1, 0.15) is 18.4 Å². The number of fused-ring (bicyclic) bond motifs is 1. The molecule has 31 heavy (non-hydrogen) atoms. The monoisotopic (exact) mass is 442 g/mol. The maximum absolute atomic E-state index is 13.8. The third kappa shape index (κ3) is 4.80. The van der Waals surface area contributed by atoms with Crippen LogP contribution < -0.4 is 14.2 Å². The summed E-state index contributed by atoms with van der Waals surface area (Å²) in [5.74, 6) is 0.870. The van der Waals surface area contributed by atoms with Gasteiger partial charge in [-0.25, -0.2) is 4.39 Å². The summed E-state index contributed by atoms with van der Waals surface area (Å²) in [5, 5.41) is 0.471. The summed E-state index contributed by atoms with van der Waals surface area (Å²) in [4.78, 5) is 18.6. The van der Waals surface area contributed by atoms with Gasteiger partial charge in [-0.3, -0.25) is 4.79 Å². The van der Waals surface area contributed by atoms with Crippen molar-refractivity contribution in [3.63, 3.8) is 0 Å². The number of carbonyl (C=O) groups is 1. The Kier molecular flexibility index (Phi) is 6.36. The minimum Gasteiger partial charge on any atom is -0.493 e. The largest absolute Gasteiger partial charge is 0.493 e. The van der Waals surface area contributed by atoms with E-state index in [1.165, 1.54) is 17.4 Å². The molecule has 1 amide bonds. The number of rotatable bonds is 6. The molecule has 1 aliphatic heterocycles. The number of para-hydroxylation sites is 1. The van der Waals surface area contributed by atoms with Crippen molar-refractivity contribution in [3.8, 4) is 16.7 Å². The molecule has 4 rings (SSSR count). The van der Waals surface area contributed by atoms with E-state index in [9.17, 15) is 9.18 Å². The molecule has 3 aromatic rings. The summed E-state index contributed by atoms with van der Waals surface area (Å²) in [5.41, 5.74) is 1.20. The summed E-state index contributed by atoms with van der Waals surface area (Å²) in [6.45, 7) is 1.19. The molecule has 0 N–H and O–H groups in total. The van der Waals surface area contributed by atoms with Crippen LogP contribution in [0, 0.1) is 5.82 Å². The third-order valence-corrected chi connectivity index (χ3v) is 6.11. The van der Waals surface area contributed by atoms with Crippen LogP contribution in [0.3, 0.4) is 0 Å². The van der Waals surface area contributed by atoms with E-state index in [1.54, 1.807) is 43.4 Å². The lowest BCUT2D eigenvalue weighted by molar-refractivity contribution is -0.127. The second-order valence-electron chi connectivity index (χ2n) is 7.16. The number of hydrogen-bond donors (Lipinski definition) is 0. The van der Waals surface area contributed by atoms with Crippen molar-refractivity contribution in [3.05, 3.63) is 53.9 Å². The molecule has 1 aromatic heterocycles. The highest BCUT2D eigenvalue weighted by atomic mass is 32.1. The lowest BCUT2D eigenvalue weighted by atomic mass is 10.1. The normalized spacial score (nSPS) is 14.9. The van der Waals surface area contributed by atoms with Crippen LogP contribution in [-0.2, 0) is 4.79 Å². The predicted octanol–water partition coefficient (Wildman–Crippen LogP) is 4.54. The number of benzene rings is 2. The molecular weight excluding hydrogens is 419 g/mol. The van der Waals surface area contributed by atoms with E-state index < -0.39 is 0 Å². The molecule has 1 fully saturated rings. The van der Waals surface area contributed by atoms with Gasteiger partial charge in [0.2, 0.25) is 5.91 Å². The lowest BCUT2D eigenvalue weighted by Crippen LogP contribution is -2.41. The first-order valence-corrected chi connectivity index (χ1v) is 10.8. The Hall–Kier alpha value is -3.13. The van der Waals surface area contributed by atoms with Crippen LogP contribution in [-0.4, -0.2) is 49.2 Å². The van der Waals surface area contributed by atoms with Gasteiger partial charge in [0.15, 0.2) is 11.5 Å². The second-order valence-corrected chi connectivity index (χ2v) is 8.15. The molecule has 1 saturated heterocycles. The Bertz CT molecular complexity index is 1110. The first-order chi connectivity index (χ1) is 15.1. The average Bonchev–Trinajstić information content (AvgIpc) is 3.21. The molecule has 0 saturated carbocycles. The van der Waals surface area contributed by atoms with Crippen LogP contribution in [0.25, 0.3) is 16.3 Å².